The molecule has 1 aromatic heterocycles. The van der Waals surface area contributed by atoms with Gasteiger partial charge in [-0.15, -0.1) is 0 Å². The molecule has 2 aromatic rings. The predicted molar refractivity (Wildman–Crippen MR) is 79.0 cm³/mol. The van der Waals surface area contributed by atoms with Crippen LogP contribution in [-0.4, -0.2) is 11.2 Å². The molecule has 0 aliphatic rings. The summed E-state index contributed by atoms with van der Waals surface area (Å²) >= 11 is 6.22. The van der Waals surface area contributed by atoms with Crippen LogP contribution in [0.3, 0.4) is 0 Å². The molecule has 1 heterocycles. The summed E-state index contributed by atoms with van der Waals surface area (Å²) in [6.45, 7) is 4.24. The zero-order valence-corrected chi connectivity index (χ0v) is 12.5. The molecule has 108 valence electrons. The molecule has 1 atom stereocenters. The number of nitrogens with zero attached hydrogens (tertiary/aromatic N) is 1. The van der Waals surface area contributed by atoms with Crippen LogP contribution in [0.25, 0.3) is 0 Å². The highest BCUT2D eigenvalue weighted by atomic mass is 35.5. The number of halogens is 1. The van der Waals surface area contributed by atoms with Gasteiger partial charge in [0.25, 0.3) is 0 Å². The Labute approximate surface area is 123 Å². The lowest BCUT2D eigenvalue weighted by atomic mass is 10.0. The van der Waals surface area contributed by atoms with Crippen molar-refractivity contribution in [2.75, 3.05) is 0 Å². The maximum absolute atomic E-state index is 6.22. The summed E-state index contributed by atoms with van der Waals surface area (Å²) < 4.78 is 10.9. The van der Waals surface area contributed by atoms with Gasteiger partial charge in [0.1, 0.15) is 12.4 Å². The van der Waals surface area contributed by atoms with Crippen LogP contribution in [0.15, 0.2) is 28.8 Å². The Morgan fingerprint density at radius 3 is 2.90 bits per heavy atom. The molecule has 20 heavy (non-hydrogen) atoms. The normalized spacial score (nSPS) is 12.4. The summed E-state index contributed by atoms with van der Waals surface area (Å²) in [5.74, 6) is 1.35. The Hall–Kier alpha value is -1.52. The van der Waals surface area contributed by atoms with Crippen LogP contribution in [-0.2, 0) is 13.0 Å². The van der Waals surface area contributed by atoms with Crippen LogP contribution < -0.4 is 10.5 Å². The average molecular weight is 295 g/mol. The molecule has 0 fully saturated rings. The molecule has 0 saturated carbocycles. The standard InChI is InChI=1S/C15H19ClN2O2/c1-3-12(17)8-11-5-4-6-14(16)15(11)19-9-13-7-10(2)18-20-13/h4-7,12H,3,8-9,17H2,1-2H3. The molecule has 0 spiro atoms. The van der Waals surface area contributed by atoms with Gasteiger partial charge in [0, 0.05) is 12.1 Å². The largest absolute Gasteiger partial charge is 0.484 e. The highest BCUT2D eigenvalue weighted by Crippen LogP contribution is 2.30. The Morgan fingerprint density at radius 1 is 1.45 bits per heavy atom. The predicted octanol–water partition coefficient (Wildman–Crippen LogP) is 3.50. The van der Waals surface area contributed by atoms with Gasteiger partial charge in [0.05, 0.1) is 10.7 Å². The molecule has 0 radical (unpaired) electrons. The van der Waals surface area contributed by atoms with E-state index < -0.39 is 0 Å². The Bertz CT molecular complexity index is 569. The van der Waals surface area contributed by atoms with Crippen molar-refractivity contribution in [2.45, 2.75) is 39.3 Å². The molecule has 4 nitrogen and oxygen atoms in total. The van der Waals surface area contributed by atoms with Crippen molar-refractivity contribution in [3.05, 3.63) is 46.3 Å². The van der Waals surface area contributed by atoms with Crippen LogP contribution in [0.2, 0.25) is 5.02 Å². The Morgan fingerprint density at radius 2 is 2.25 bits per heavy atom. The summed E-state index contributed by atoms with van der Waals surface area (Å²) in [5.41, 5.74) is 7.85. The minimum absolute atomic E-state index is 0.100. The summed E-state index contributed by atoms with van der Waals surface area (Å²) in [6.07, 6.45) is 1.65. The van der Waals surface area contributed by atoms with E-state index in [2.05, 4.69) is 12.1 Å². The third kappa shape index (κ3) is 3.74. The van der Waals surface area contributed by atoms with Crippen molar-refractivity contribution >= 4 is 11.6 Å². The minimum atomic E-state index is 0.100. The van der Waals surface area contributed by atoms with E-state index >= 15 is 0 Å². The summed E-state index contributed by atoms with van der Waals surface area (Å²) in [4.78, 5) is 0. The van der Waals surface area contributed by atoms with Gasteiger partial charge in [-0.25, -0.2) is 0 Å². The number of rotatable bonds is 6. The quantitative estimate of drug-likeness (QED) is 0.886. The van der Waals surface area contributed by atoms with Crippen molar-refractivity contribution in [3.63, 3.8) is 0 Å². The lowest BCUT2D eigenvalue weighted by Gasteiger charge is -2.15. The fourth-order valence-electron chi connectivity index (χ4n) is 1.93. The van der Waals surface area contributed by atoms with E-state index in [4.69, 9.17) is 26.6 Å². The third-order valence-corrected chi connectivity index (χ3v) is 3.39. The second-order valence-electron chi connectivity index (χ2n) is 4.82. The van der Waals surface area contributed by atoms with Crippen molar-refractivity contribution in [1.29, 1.82) is 0 Å². The van der Waals surface area contributed by atoms with E-state index in [1.54, 1.807) is 0 Å². The molecular formula is C15H19ClN2O2. The van der Waals surface area contributed by atoms with Gasteiger partial charge >= 0.3 is 0 Å². The van der Waals surface area contributed by atoms with Crippen LogP contribution in [0.5, 0.6) is 5.75 Å². The van der Waals surface area contributed by atoms with Gasteiger partial charge in [-0.1, -0.05) is 35.8 Å². The van der Waals surface area contributed by atoms with Gasteiger partial charge in [-0.2, -0.15) is 0 Å². The molecule has 1 unspecified atom stereocenters. The van der Waals surface area contributed by atoms with E-state index in [1.807, 2.05) is 31.2 Å². The molecule has 0 amide bonds. The molecular weight excluding hydrogens is 276 g/mol. The number of nitrogens with two attached hydrogens (primary N) is 1. The average Bonchev–Trinajstić information content (AvgIpc) is 2.83. The summed E-state index contributed by atoms with van der Waals surface area (Å²) in [6, 6.07) is 7.65. The Kier molecular flexibility index (Phi) is 5.04. The molecule has 0 saturated heterocycles. The SMILES string of the molecule is CCC(N)Cc1cccc(Cl)c1OCc1cc(C)no1. The van der Waals surface area contributed by atoms with Gasteiger partial charge in [0.2, 0.25) is 0 Å². The number of para-hydroxylation sites is 1. The van der Waals surface area contributed by atoms with E-state index in [9.17, 15) is 0 Å². The van der Waals surface area contributed by atoms with Crippen molar-refractivity contribution in [1.82, 2.24) is 5.16 Å². The number of aromatic nitrogens is 1. The van der Waals surface area contributed by atoms with Crippen LogP contribution >= 0.6 is 11.6 Å². The first kappa shape index (κ1) is 14.9. The van der Waals surface area contributed by atoms with Crippen molar-refractivity contribution in [3.8, 4) is 5.75 Å². The van der Waals surface area contributed by atoms with E-state index in [-0.39, 0.29) is 6.04 Å². The second kappa shape index (κ2) is 6.77. The number of benzene rings is 1. The topological polar surface area (TPSA) is 61.3 Å². The summed E-state index contributed by atoms with van der Waals surface area (Å²) in [5, 5.41) is 4.41. The van der Waals surface area contributed by atoms with E-state index in [0.717, 1.165) is 24.1 Å². The van der Waals surface area contributed by atoms with Crippen molar-refractivity contribution in [2.24, 2.45) is 5.73 Å². The lowest BCUT2D eigenvalue weighted by Crippen LogP contribution is -2.21. The Balaban J connectivity index is 2.12. The number of hydrogen-bond donors (Lipinski definition) is 1. The molecule has 2 rings (SSSR count). The van der Waals surface area contributed by atoms with Gasteiger partial charge in [-0.05, 0) is 31.4 Å². The molecule has 1 aromatic carbocycles. The lowest BCUT2D eigenvalue weighted by molar-refractivity contribution is 0.246. The first-order valence-corrected chi connectivity index (χ1v) is 7.06. The minimum Gasteiger partial charge on any atom is -0.484 e. The fraction of sp³-hybridized carbons (Fsp3) is 0.400. The molecule has 0 bridgehead atoms. The third-order valence-electron chi connectivity index (χ3n) is 3.09. The van der Waals surface area contributed by atoms with E-state index in [1.165, 1.54) is 0 Å². The monoisotopic (exact) mass is 294 g/mol. The fourth-order valence-corrected chi connectivity index (χ4v) is 2.18. The number of aryl methyl sites for hydroxylation is 1. The highest BCUT2D eigenvalue weighted by Gasteiger charge is 2.12. The smallest absolute Gasteiger partial charge is 0.174 e. The van der Waals surface area contributed by atoms with Crippen molar-refractivity contribution < 1.29 is 9.26 Å². The molecule has 0 aliphatic heterocycles. The van der Waals surface area contributed by atoms with Crippen LogP contribution in [0, 0.1) is 6.92 Å². The highest BCUT2D eigenvalue weighted by molar-refractivity contribution is 6.32. The summed E-state index contributed by atoms with van der Waals surface area (Å²) in [7, 11) is 0. The first-order chi connectivity index (χ1) is 9.60. The van der Waals surface area contributed by atoms with Gasteiger partial charge in [0.15, 0.2) is 5.76 Å². The molecule has 2 N–H and O–H groups in total. The zero-order valence-electron chi connectivity index (χ0n) is 11.7. The zero-order chi connectivity index (χ0) is 14.5. The number of hydrogen-bond acceptors (Lipinski definition) is 4. The molecule has 5 heteroatoms. The molecule has 0 aliphatic carbocycles. The second-order valence-corrected chi connectivity index (χ2v) is 5.23. The van der Waals surface area contributed by atoms with Crippen LogP contribution in [0.1, 0.15) is 30.4 Å². The van der Waals surface area contributed by atoms with E-state index in [0.29, 0.717) is 23.1 Å². The first-order valence-electron chi connectivity index (χ1n) is 6.68. The number of ether oxygens (including phenoxy) is 1. The van der Waals surface area contributed by atoms with Gasteiger partial charge in [-0.3, -0.25) is 0 Å². The van der Waals surface area contributed by atoms with Gasteiger partial charge < -0.3 is 15.0 Å². The maximum Gasteiger partial charge on any atom is 0.174 e. The van der Waals surface area contributed by atoms with Crippen LogP contribution in [0.4, 0.5) is 0 Å². The maximum atomic E-state index is 6.22.